The Labute approximate surface area is 160 Å². The molecule has 0 aliphatic heterocycles. The molecule has 1 aromatic heterocycles. The Balaban J connectivity index is 1.95. The van der Waals surface area contributed by atoms with Gasteiger partial charge in [-0.25, -0.2) is 9.97 Å². The van der Waals surface area contributed by atoms with Crippen molar-refractivity contribution in [2.24, 2.45) is 5.73 Å². The Bertz CT molecular complexity index is 931. The van der Waals surface area contributed by atoms with Gasteiger partial charge in [0, 0.05) is 31.0 Å². The van der Waals surface area contributed by atoms with Crippen molar-refractivity contribution in [2.45, 2.75) is 6.42 Å². The third-order valence-electron chi connectivity index (χ3n) is 4.14. The van der Waals surface area contributed by atoms with Gasteiger partial charge in [0.1, 0.15) is 11.6 Å². The molecule has 5 heteroatoms. The fourth-order valence-electron chi connectivity index (χ4n) is 2.81. The third kappa shape index (κ3) is 5.04. The molecule has 0 bridgehead atoms. The first-order valence-electron chi connectivity index (χ1n) is 9.05. The van der Waals surface area contributed by atoms with Crippen molar-refractivity contribution in [1.82, 2.24) is 9.97 Å². The molecule has 2 N–H and O–H groups in total. The summed E-state index contributed by atoms with van der Waals surface area (Å²) in [7, 11) is 1.70. The number of aromatic nitrogens is 2. The second-order valence-corrected chi connectivity index (χ2v) is 6.10. The van der Waals surface area contributed by atoms with Crippen LogP contribution in [0, 0.1) is 11.8 Å². The quantitative estimate of drug-likeness (QED) is 0.656. The summed E-state index contributed by atoms with van der Waals surface area (Å²) in [5.41, 5.74) is 7.64. The first-order chi connectivity index (χ1) is 13.3. The molecule has 0 aliphatic rings. The fraction of sp³-hybridized carbons (Fsp3) is 0.273. The number of hydrogen-bond donors (Lipinski definition) is 1. The second-order valence-electron chi connectivity index (χ2n) is 6.10. The monoisotopic (exact) mass is 360 g/mol. The van der Waals surface area contributed by atoms with Crippen molar-refractivity contribution in [1.29, 1.82) is 0 Å². The molecule has 3 rings (SSSR count). The average molecular weight is 360 g/mol. The van der Waals surface area contributed by atoms with Crippen LogP contribution in [0.4, 0.5) is 5.82 Å². The van der Waals surface area contributed by atoms with Crippen LogP contribution in [0.1, 0.15) is 11.4 Å². The summed E-state index contributed by atoms with van der Waals surface area (Å²) in [5, 5.41) is 1.01. The Hall–Kier alpha value is -2.94. The minimum absolute atomic E-state index is 0.518. The standard InChI is InChI=1S/C22H24N4O/c1-27-17-16-26(15-7-10-18-8-3-2-4-9-18)22-19-11-5-6-12-20(19)24-21(25-22)13-14-23/h2-6,8-9,11-12H,13-17,23H2,1H3. The zero-order valence-corrected chi connectivity index (χ0v) is 15.6. The number of ether oxygens (including phenoxy) is 1. The predicted octanol–water partition coefficient (Wildman–Crippen LogP) is 2.64. The first-order valence-corrected chi connectivity index (χ1v) is 9.05. The SMILES string of the molecule is COCCN(CC#Cc1ccccc1)c1nc(CCN)nc2ccccc12. The van der Waals surface area contributed by atoms with Gasteiger partial charge < -0.3 is 15.4 Å². The molecular weight excluding hydrogens is 336 g/mol. The number of methoxy groups -OCH3 is 1. The smallest absolute Gasteiger partial charge is 0.141 e. The van der Waals surface area contributed by atoms with E-state index in [1.54, 1.807) is 7.11 Å². The van der Waals surface area contributed by atoms with E-state index < -0.39 is 0 Å². The topological polar surface area (TPSA) is 64.3 Å². The highest BCUT2D eigenvalue weighted by atomic mass is 16.5. The van der Waals surface area contributed by atoms with Gasteiger partial charge in [0.15, 0.2) is 0 Å². The maximum Gasteiger partial charge on any atom is 0.141 e. The van der Waals surface area contributed by atoms with E-state index in [4.69, 9.17) is 15.5 Å². The van der Waals surface area contributed by atoms with E-state index >= 15 is 0 Å². The Kier molecular flexibility index (Phi) is 6.75. The Morgan fingerprint density at radius 2 is 1.81 bits per heavy atom. The van der Waals surface area contributed by atoms with E-state index in [2.05, 4.69) is 21.7 Å². The van der Waals surface area contributed by atoms with Crippen LogP contribution in [0.25, 0.3) is 10.9 Å². The molecule has 2 aromatic carbocycles. The van der Waals surface area contributed by atoms with E-state index in [1.165, 1.54) is 0 Å². The van der Waals surface area contributed by atoms with Crippen LogP contribution in [0.3, 0.4) is 0 Å². The highest BCUT2D eigenvalue weighted by Gasteiger charge is 2.13. The lowest BCUT2D eigenvalue weighted by Gasteiger charge is -2.23. The number of rotatable bonds is 7. The van der Waals surface area contributed by atoms with Crippen LogP contribution in [-0.2, 0) is 11.2 Å². The molecular formula is C22H24N4O. The van der Waals surface area contributed by atoms with Gasteiger partial charge in [0.2, 0.25) is 0 Å². The number of fused-ring (bicyclic) bond motifs is 1. The van der Waals surface area contributed by atoms with Crippen LogP contribution in [0.2, 0.25) is 0 Å². The highest BCUT2D eigenvalue weighted by Crippen LogP contribution is 2.23. The Morgan fingerprint density at radius 1 is 1.04 bits per heavy atom. The summed E-state index contributed by atoms with van der Waals surface area (Å²) < 4.78 is 5.29. The molecule has 0 saturated carbocycles. The zero-order chi connectivity index (χ0) is 18.9. The second kappa shape index (κ2) is 9.67. The number of nitrogens with two attached hydrogens (primary N) is 1. The van der Waals surface area contributed by atoms with Gasteiger partial charge in [-0.2, -0.15) is 0 Å². The normalized spacial score (nSPS) is 10.4. The van der Waals surface area contributed by atoms with Gasteiger partial charge in [-0.3, -0.25) is 0 Å². The molecule has 0 amide bonds. The van der Waals surface area contributed by atoms with Crippen molar-refractivity contribution in [3.63, 3.8) is 0 Å². The van der Waals surface area contributed by atoms with Crippen LogP contribution >= 0.6 is 0 Å². The van der Waals surface area contributed by atoms with Gasteiger partial charge in [-0.15, -0.1) is 0 Å². The van der Waals surface area contributed by atoms with Crippen LogP contribution in [-0.4, -0.2) is 43.3 Å². The van der Waals surface area contributed by atoms with E-state index in [0.717, 1.165) is 28.1 Å². The first kappa shape index (κ1) is 18.8. The molecule has 0 spiro atoms. The molecule has 27 heavy (non-hydrogen) atoms. The number of para-hydroxylation sites is 1. The lowest BCUT2D eigenvalue weighted by molar-refractivity contribution is 0.205. The molecule has 0 fully saturated rings. The molecule has 0 radical (unpaired) electrons. The summed E-state index contributed by atoms with van der Waals surface area (Å²) in [5.74, 6) is 8.11. The van der Waals surface area contributed by atoms with E-state index in [1.807, 2.05) is 54.6 Å². The minimum Gasteiger partial charge on any atom is -0.383 e. The van der Waals surface area contributed by atoms with Gasteiger partial charge in [-0.05, 0) is 30.8 Å². The van der Waals surface area contributed by atoms with Crippen molar-refractivity contribution < 1.29 is 4.74 Å². The van der Waals surface area contributed by atoms with E-state index in [-0.39, 0.29) is 0 Å². The maximum absolute atomic E-state index is 5.72. The lowest BCUT2D eigenvalue weighted by atomic mass is 10.2. The average Bonchev–Trinajstić information content (AvgIpc) is 2.71. The minimum atomic E-state index is 0.518. The maximum atomic E-state index is 5.72. The summed E-state index contributed by atoms with van der Waals surface area (Å²) in [4.78, 5) is 11.6. The number of anilines is 1. The van der Waals surface area contributed by atoms with Gasteiger partial charge in [-0.1, -0.05) is 42.2 Å². The fourth-order valence-corrected chi connectivity index (χ4v) is 2.81. The van der Waals surface area contributed by atoms with Crippen molar-refractivity contribution in [3.05, 3.63) is 66.0 Å². The molecule has 0 saturated heterocycles. The predicted molar refractivity (Wildman–Crippen MR) is 110 cm³/mol. The summed E-state index contributed by atoms with van der Waals surface area (Å²) in [6.45, 7) is 2.37. The molecule has 1 heterocycles. The molecule has 138 valence electrons. The highest BCUT2D eigenvalue weighted by molar-refractivity contribution is 5.89. The molecule has 0 atom stereocenters. The van der Waals surface area contributed by atoms with Crippen LogP contribution in [0.15, 0.2) is 54.6 Å². The molecule has 0 aliphatic carbocycles. The van der Waals surface area contributed by atoms with Gasteiger partial charge in [0.25, 0.3) is 0 Å². The number of benzene rings is 2. The van der Waals surface area contributed by atoms with Gasteiger partial charge in [0.05, 0.1) is 18.7 Å². The zero-order valence-electron chi connectivity index (χ0n) is 15.6. The number of hydrogen-bond acceptors (Lipinski definition) is 5. The summed E-state index contributed by atoms with van der Waals surface area (Å²) in [6, 6.07) is 18.0. The van der Waals surface area contributed by atoms with E-state index in [0.29, 0.717) is 32.7 Å². The molecule has 0 unspecified atom stereocenters. The molecule has 3 aromatic rings. The molecule has 5 nitrogen and oxygen atoms in total. The largest absolute Gasteiger partial charge is 0.383 e. The Morgan fingerprint density at radius 3 is 2.59 bits per heavy atom. The van der Waals surface area contributed by atoms with Crippen LogP contribution < -0.4 is 10.6 Å². The van der Waals surface area contributed by atoms with E-state index in [9.17, 15) is 0 Å². The lowest BCUT2D eigenvalue weighted by Crippen LogP contribution is -2.29. The third-order valence-corrected chi connectivity index (χ3v) is 4.14. The summed E-state index contributed by atoms with van der Waals surface area (Å²) in [6.07, 6.45) is 0.644. The van der Waals surface area contributed by atoms with Crippen molar-refractivity contribution in [3.8, 4) is 11.8 Å². The van der Waals surface area contributed by atoms with Crippen molar-refractivity contribution >= 4 is 16.7 Å². The number of nitrogens with zero attached hydrogens (tertiary/aromatic N) is 3. The van der Waals surface area contributed by atoms with Crippen LogP contribution in [0.5, 0.6) is 0 Å². The summed E-state index contributed by atoms with van der Waals surface area (Å²) >= 11 is 0. The van der Waals surface area contributed by atoms with Gasteiger partial charge >= 0.3 is 0 Å². The van der Waals surface area contributed by atoms with Crippen molar-refractivity contribution in [2.75, 3.05) is 38.3 Å².